The summed E-state index contributed by atoms with van der Waals surface area (Å²) in [4.78, 5) is 38.0. The zero-order valence-electron chi connectivity index (χ0n) is 18.7. The molecule has 1 atom stereocenters. The van der Waals surface area contributed by atoms with E-state index in [1.807, 2.05) is 44.2 Å². The first-order valence-corrected chi connectivity index (χ1v) is 11.4. The van der Waals surface area contributed by atoms with E-state index >= 15 is 0 Å². The molecule has 1 aliphatic heterocycles. The first kappa shape index (κ1) is 24.5. The van der Waals surface area contributed by atoms with Gasteiger partial charge in [0.2, 0.25) is 5.91 Å². The van der Waals surface area contributed by atoms with Crippen LogP contribution in [0.1, 0.15) is 37.0 Å². The number of ether oxygens (including phenoxy) is 1. The third-order valence-electron chi connectivity index (χ3n) is 5.78. The highest BCUT2D eigenvalue weighted by atomic mass is 35.5. The van der Waals surface area contributed by atoms with Gasteiger partial charge in [0, 0.05) is 25.2 Å². The van der Waals surface area contributed by atoms with Gasteiger partial charge in [0.05, 0.1) is 22.1 Å². The van der Waals surface area contributed by atoms with Crippen LogP contribution in [0, 0.1) is 22.0 Å². The Balaban J connectivity index is 1.57. The Morgan fingerprint density at radius 3 is 2.42 bits per heavy atom. The zero-order chi connectivity index (χ0) is 24.0. The molecule has 0 aromatic heterocycles. The first-order chi connectivity index (χ1) is 15.8. The molecule has 1 saturated heterocycles. The Kier molecular flexibility index (Phi) is 8.27. The van der Waals surface area contributed by atoms with Gasteiger partial charge >= 0.3 is 0 Å². The Labute approximate surface area is 198 Å². The maximum absolute atomic E-state index is 13.2. The van der Waals surface area contributed by atoms with E-state index in [1.165, 1.54) is 12.1 Å². The monoisotopic (exact) mass is 473 g/mol. The molecule has 8 nitrogen and oxygen atoms in total. The molecule has 9 heteroatoms. The number of benzene rings is 2. The molecule has 1 aliphatic rings. The standard InChI is InChI=1S/C24H28ClN3O5/c1-16(2)22(26-23(29)20-9-8-18(28(31)32)14-21(20)25)24(30)27-12-10-17(11-13-27)15-33-19-6-4-3-5-7-19/h3-9,14,16-17,22H,10-13,15H2,1-2H3,(H,26,29). The summed E-state index contributed by atoms with van der Waals surface area (Å²) in [5.74, 6) is 0.382. The SMILES string of the molecule is CC(C)C(NC(=O)c1ccc([N+](=O)[O-])cc1Cl)C(=O)N1CCC(COc2ccccc2)CC1. The molecule has 1 heterocycles. The molecule has 0 spiro atoms. The van der Waals surface area contributed by atoms with Crippen molar-refractivity contribution in [3.05, 3.63) is 69.2 Å². The van der Waals surface area contributed by atoms with Gasteiger partial charge in [-0.2, -0.15) is 0 Å². The van der Waals surface area contributed by atoms with Crippen LogP contribution in [-0.4, -0.2) is 47.4 Å². The van der Waals surface area contributed by atoms with E-state index in [0.717, 1.165) is 24.7 Å². The Bertz CT molecular complexity index is 991. The Hall–Kier alpha value is -3.13. The van der Waals surface area contributed by atoms with Gasteiger partial charge in [-0.3, -0.25) is 19.7 Å². The number of non-ortho nitro benzene ring substituents is 1. The van der Waals surface area contributed by atoms with Crippen LogP contribution in [0.4, 0.5) is 5.69 Å². The Morgan fingerprint density at radius 1 is 1.18 bits per heavy atom. The maximum Gasteiger partial charge on any atom is 0.270 e. The molecule has 2 amide bonds. The third kappa shape index (κ3) is 6.44. The molecule has 0 bridgehead atoms. The van der Waals surface area contributed by atoms with Crippen LogP contribution in [0.2, 0.25) is 5.02 Å². The molecular formula is C24H28ClN3O5. The van der Waals surface area contributed by atoms with E-state index in [2.05, 4.69) is 5.32 Å². The molecule has 176 valence electrons. The Morgan fingerprint density at radius 2 is 1.85 bits per heavy atom. The number of hydrogen-bond acceptors (Lipinski definition) is 5. The second kappa shape index (κ2) is 11.1. The molecule has 2 aromatic carbocycles. The lowest BCUT2D eigenvalue weighted by molar-refractivity contribution is -0.384. The lowest BCUT2D eigenvalue weighted by Gasteiger charge is -2.35. The van der Waals surface area contributed by atoms with Crippen LogP contribution in [0.3, 0.4) is 0 Å². The largest absolute Gasteiger partial charge is 0.493 e. The van der Waals surface area contributed by atoms with Crippen molar-refractivity contribution >= 4 is 29.1 Å². The van der Waals surface area contributed by atoms with Crippen molar-refractivity contribution < 1.29 is 19.2 Å². The highest BCUT2D eigenvalue weighted by Gasteiger charge is 2.32. The number of carbonyl (C=O) groups is 2. The maximum atomic E-state index is 13.2. The summed E-state index contributed by atoms with van der Waals surface area (Å²) in [7, 11) is 0. The molecule has 0 aliphatic carbocycles. The number of likely N-dealkylation sites (tertiary alicyclic amines) is 1. The quantitative estimate of drug-likeness (QED) is 0.454. The number of hydrogen-bond donors (Lipinski definition) is 1. The van der Waals surface area contributed by atoms with Gasteiger partial charge in [-0.05, 0) is 42.9 Å². The number of halogens is 1. The van der Waals surface area contributed by atoms with Crippen molar-refractivity contribution in [1.82, 2.24) is 10.2 Å². The molecule has 3 rings (SSSR count). The minimum atomic E-state index is -0.721. The number of piperidine rings is 1. The number of para-hydroxylation sites is 1. The number of amides is 2. The summed E-state index contributed by atoms with van der Waals surface area (Å²) in [6.07, 6.45) is 1.65. The van der Waals surface area contributed by atoms with Crippen molar-refractivity contribution in [3.63, 3.8) is 0 Å². The summed E-state index contributed by atoms with van der Waals surface area (Å²) in [5, 5.41) is 13.6. The number of nitrogens with one attached hydrogen (secondary N) is 1. The molecule has 1 fully saturated rings. The molecule has 1 N–H and O–H groups in total. The fourth-order valence-electron chi connectivity index (χ4n) is 3.78. The van der Waals surface area contributed by atoms with E-state index in [-0.39, 0.29) is 28.1 Å². The van der Waals surface area contributed by atoms with Crippen molar-refractivity contribution in [2.45, 2.75) is 32.7 Å². The molecule has 33 heavy (non-hydrogen) atoms. The van der Waals surface area contributed by atoms with Gasteiger partial charge in [0.25, 0.3) is 11.6 Å². The normalized spacial score (nSPS) is 15.2. The van der Waals surface area contributed by atoms with Gasteiger partial charge in [-0.15, -0.1) is 0 Å². The average Bonchev–Trinajstić information content (AvgIpc) is 2.81. The van der Waals surface area contributed by atoms with E-state index in [0.29, 0.717) is 25.6 Å². The van der Waals surface area contributed by atoms with Crippen molar-refractivity contribution in [1.29, 1.82) is 0 Å². The lowest BCUT2D eigenvalue weighted by atomic mass is 9.95. The van der Waals surface area contributed by atoms with E-state index in [1.54, 1.807) is 4.90 Å². The van der Waals surface area contributed by atoms with Gasteiger partial charge in [-0.25, -0.2) is 0 Å². The fourth-order valence-corrected chi connectivity index (χ4v) is 4.04. The van der Waals surface area contributed by atoms with Crippen LogP contribution in [-0.2, 0) is 4.79 Å². The average molecular weight is 474 g/mol. The topological polar surface area (TPSA) is 102 Å². The number of nitrogens with zero attached hydrogens (tertiary/aromatic N) is 2. The minimum Gasteiger partial charge on any atom is -0.493 e. The van der Waals surface area contributed by atoms with Gasteiger partial charge < -0.3 is 15.0 Å². The third-order valence-corrected chi connectivity index (χ3v) is 6.10. The predicted molar refractivity (Wildman–Crippen MR) is 125 cm³/mol. The number of nitro groups is 1. The first-order valence-electron chi connectivity index (χ1n) is 11.0. The number of carbonyl (C=O) groups excluding carboxylic acids is 2. The van der Waals surface area contributed by atoms with Crippen LogP contribution in [0.5, 0.6) is 5.75 Å². The molecule has 0 saturated carbocycles. The zero-order valence-corrected chi connectivity index (χ0v) is 19.5. The van der Waals surface area contributed by atoms with E-state index in [4.69, 9.17) is 16.3 Å². The van der Waals surface area contributed by atoms with Crippen molar-refractivity contribution in [3.8, 4) is 5.75 Å². The van der Waals surface area contributed by atoms with E-state index < -0.39 is 16.9 Å². The molecular weight excluding hydrogens is 446 g/mol. The molecule has 0 radical (unpaired) electrons. The number of nitro benzene ring substituents is 1. The predicted octanol–water partition coefficient (Wildman–Crippen LogP) is 4.32. The fraction of sp³-hybridized carbons (Fsp3) is 0.417. The van der Waals surface area contributed by atoms with Crippen LogP contribution >= 0.6 is 11.6 Å². The summed E-state index contributed by atoms with van der Waals surface area (Å²) < 4.78 is 5.85. The summed E-state index contributed by atoms with van der Waals surface area (Å²) in [6.45, 7) is 5.52. The second-order valence-corrected chi connectivity index (χ2v) is 8.92. The molecule has 2 aromatic rings. The highest BCUT2D eigenvalue weighted by Crippen LogP contribution is 2.24. The van der Waals surface area contributed by atoms with Gasteiger partial charge in [0.15, 0.2) is 0 Å². The lowest BCUT2D eigenvalue weighted by Crippen LogP contribution is -2.53. The smallest absolute Gasteiger partial charge is 0.270 e. The van der Waals surface area contributed by atoms with E-state index in [9.17, 15) is 19.7 Å². The summed E-state index contributed by atoms with van der Waals surface area (Å²) in [6, 6.07) is 12.6. The van der Waals surface area contributed by atoms with Crippen molar-refractivity contribution in [2.24, 2.45) is 11.8 Å². The highest BCUT2D eigenvalue weighted by molar-refractivity contribution is 6.34. The minimum absolute atomic E-state index is 0.0316. The summed E-state index contributed by atoms with van der Waals surface area (Å²) in [5.41, 5.74) is -0.107. The summed E-state index contributed by atoms with van der Waals surface area (Å²) >= 11 is 6.08. The number of rotatable bonds is 8. The second-order valence-electron chi connectivity index (χ2n) is 8.51. The van der Waals surface area contributed by atoms with Gasteiger partial charge in [-0.1, -0.05) is 43.6 Å². The van der Waals surface area contributed by atoms with Crippen molar-refractivity contribution in [2.75, 3.05) is 19.7 Å². The van der Waals surface area contributed by atoms with Crippen LogP contribution < -0.4 is 10.1 Å². The van der Waals surface area contributed by atoms with Crippen LogP contribution in [0.15, 0.2) is 48.5 Å². The molecule has 1 unspecified atom stereocenters. The van der Waals surface area contributed by atoms with Crippen LogP contribution in [0.25, 0.3) is 0 Å². The van der Waals surface area contributed by atoms with Gasteiger partial charge in [0.1, 0.15) is 11.8 Å².